The van der Waals surface area contributed by atoms with Crippen LogP contribution in [0, 0.1) is 11.8 Å². The molecule has 2 bridgehead atoms. The molecule has 0 aromatic carbocycles. The lowest BCUT2D eigenvalue weighted by Gasteiger charge is -2.27. The smallest absolute Gasteiger partial charge is 0.0258 e. The van der Waals surface area contributed by atoms with Gasteiger partial charge in [-0.1, -0.05) is 25.3 Å². The average molecular weight is 191 g/mol. The van der Waals surface area contributed by atoms with E-state index in [0.29, 0.717) is 0 Å². The van der Waals surface area contributed by atoms with Crippen molar-refractivity contribution in [1.82, 2.24) is 5.32 Å². The first-order valence-electron chi connectivity index (χ1n) is 6.40. The summed E-state index contributed by atoms with van der Waals surface area (Å²) in [6.45, 7) is 0. The number of allylic oxidation sites excluding steroid dienone is 2. The molecule has 0 heterocycles. The fourth-order valence-corrected chi connectivity index (χ4v) is 3.49. The van der Waals surface area contributed by atoms with E-state index in [2.05, 4.69) is 11.4 Å². The minimum Gasteiger partial charge on any atom is -0.386 e. The summed E-state index contributed by atoms with van der Waals surface area (Å²) >= 11 is 0. The highest BCUT2D eigenvalue weighted by atomic mass is 14.9. The second-order valence-corrected chi connectivity index (χ2v) is 5.37. The van der Waals surface area contributed by atoms with E-state index in [9.17, 15) is 0 Å². The number of hydrogen-bond donors (Lipinski definition) is 1. The summed E-state index contributed by atoms with van der Waals surface area (Å²) in [4.78, 5) is 0. The molecule has 2 saturated carbocycles. The molecular formula is C13H21N. The molecule has 0 spiro atoms. The van der Waals surface area contributed by atoms with Gasteiger partial charge in [0.25, 0.3) is 0 Å². The predicted octanol–water partition coefficient (Wildman–Crippen LogP) is 3.22. The zero-order valence-corrected chi connectivity index (χ0v) is 8.97. The van der Waals surface area contributed by atoms with Crippen LogP contribution in [0.15, 0.2) is 11.8 Å². The minimum absolute atomic E-state index is 0.814. The molecule has 0 aromatic heterocycles. The van der Waals surface area contributed by atoms with Gasteiger partial charge in [-0.15, -0.1) is 0 Å². The molecule has 1 heteroatoms. The van der Waals surface area contributed by atoms with E-state index in [0.717, 1.165) is 17.9 Å². The van der Waals surface area contributed by atoms with Gasteiger partial charge >= 0.3 is 0 Å². The average Bonchev–Trinajstić information content (AvgIpc) is 2.81. The number of rotatable bonds is 2. The molecule has 0 saturated heterocycles. The second-order valence-electron chi connectivity index (χ2n) is 5.37. The SMILES string of the molecule is C1=C(NC2CCCCC2)C2CCC1C2. The molecule has 78 valence electrons. The Kier molecular flexibility index (Phi) is 2.27. The monoisotopic (exact) mass is 191 g/mol. The van der Waals surface area contributed by atoms with Crippen LogP contribution >= 0.6 is 0 Å². The maximum absolute atomic E-state index is 3.81. The van der Waals surface area contributed by atoms with Crippen molar-refractivity contribution in [1.29, 1.82) is 0 Å². The standard InChI is InChI=1S/C13H21N/c1-2-4-12(5-3-1)14-13-9-10-6-7-11(13)8-10/h9-12,14H,1-8H2. The van der Waals surface area contributed by atoms with Crippen molar-refractivity contribution in [2.24, 2.45) is 11.8 Å². The van der Waals surface area contributed by atoms with Gasteiger partial charge in [0.15, 0.2) is 0 Å². The van der Waals surface area contributed by atoms with Gasteiger partial charge in [0.2, 0.25) is 0 Å². The highest BCUT2D eigenvalue weighted by Crippen LogP contribution is 2.42. The van der Waals surface area contributed by atoms with Crippen LogP contribution in [0.25, 0.3) is 0 Å². The first-order chi connectivity index (χ1) is 6.92. The summed E-state index contributed by atoms with van der Waals surface area (Å²) in [7, 11) is 0. The van der Waals surface area contributed by atoms with Gasteiger partial charge < -0.3 is 5.32 Å². The summed E-state index contributed by atoms with van der Waals surface area (Å²) in [5.74, 6) is 1.85. The highest BCUT2D eigenvalue weighted by Gasteiger charge is 2.33. The van der Waals surface area contributed by atoms with Gasteiger partial charge in [-0.25, -0.2) is 0 Å². The Morgan fingerprint density at radius 2 is 1.86 bits per heavy atom. The van der Waals surface area contributed by atoms with Gasteiger partial charge in [-0.2, -0.15) is 0 Å². The molecule has 3 aliphatic rings. The van der Waals surface area contributed by atoms with E-state index < -0.39 is 0 Å². The lowest BCUT2D eigenvalue weighted by molar-refractivity contribution is 0.382. The normalized spacial score (nSPS) is 37.3. The predicted molar refractivity (Wildman–Crippen MR) is 58.9 cm³/mol. The van der Waals surface area contributed by atoms with Crippen LogP contribution in [0.3, 0.4) is 0 Å². The highest BCUT2D eigenvalue weighted by molar-refractivity contribution is 5.18. The molecule has 2 atom stereocenters. The lowest BCUT2D eigenvalue weighted by Crippen LogP contribution is -2.32. The lowest BCUT2D eigenvalue weighted by atomic mass is 9.94. The van der Waals surface area contributed by atoms with Crippen LogP contribution < -0.4 is 5.32 Å². The van der Waals surface area contributed by atoms with Crippen molar-refractivity contribution in [3.05, 3.63) is 11.8 Å². The molecule has 1 N–H and O–H groups in total. The van der Waals surface area contributed by atoms with E-state index in [4.69, 9.17) is 0 Å². The van der Waals surface area contributed by atoms with Crippen LogP contribution in [-0.4, -0.2) is 6.04 Å². The van der Waals surface area contributed by atoms with Crippen molar-refractivity contribution in [3.63, 3.8) is 0 Å². The number of nitrogens with one attached hydrogen (secondary N) is 1. The van der Waals surface area contributed by atoms with Crippen molar-refractivity contribution >= 4 is 0 Å². The van der Waals surface area contributed by atoms with Crippen LogP contribution in [0.5, 0.6) is 0 Å². The maximum Gasteiger partial charge on any atom is 0.0258 e. The molecule has 14 heavy (non-hydrogen) atoms. The Morgan fingerprint density at radius 1 is 1.00 bits per heavy atom. The summed E-state index contributed by atoms with van der Waals surface area (Å²) in [6, 6.07) is 0.814. The molecular weight excluding hydrogens is 170 g/mol. The van der Waals surface area contributed by atoms with Crippen LogP contribution in [0.1, 0.15) is 51.4 Å². The van der Waals surface area contributed by atoms with E-state index in [1.807, 2.05) is 0 Å². The molecule has 0 amide bonds. The topological polar surface area (TPSA) is 12.0 Å². The van der Waals surface area contributed by atoms with E-state index in [1.54, 1.807) is 5.70 Å². The van der Waals surface area contributed by atoms with E-state index in [-0.39, 0.29) is 0 Å². The fraction of sp³-hybridized carbons (Fsp3) is 0.846. The Hall–Kier alpha value is -0.460. The first kappa shape index (κ1) is 8.82. The third kappa shape index (κ3) is 1.57. The Morgan fingerprint density at radius 3 is 2.50 bits per heavy atom. The van der Waals surface area contributed by atoms with Gasteiger partial charge in [0.1, 0.15) is 0 Å². The van der Waals surface area contributed by atoms with E-state index in [1.165, 1.54) is 51.4 Å². The largest absolute Gasteiger partial charge is 0.386 e. The summed E-state index contributed by atoms with van der Waals surface area (Å²) in [5.41, 5.74) is 1.62. The molecule has 1 nitrogen and oxygen atoms in total. The van der Waals surface area contributed by atoms with Crippen molar-refractivity contribution < 1.29 is 0 Å². The zero-order chi connectivity index (χ0) is 9.38. The fourth-order valence-electron chi connectivity index (χ4n) is 3.49. The minimum atomic E-state index is 0.814. The Bertz CT molecular complexity index is 238. The molecule has 0 radical (unpaired) electrons. The van der Waals surface area contributed by atoms with Gasteiger partial charge in [-0.3, -0.25) is 0 Å². The van der Waals surface area contributed by atoms with Crippen LogP contribution in [-0.2, 0) is 0 Å². The quantitative estimate of drug-likeness (QED) is 0.706. The summed E-state index contributed by atoms with van der Waals surface area (Å²) in [6.07, 6.45) is 14.1. The van der Waals surface area contributed by atoms with Crippen LogP contribution in [0.2, 0.25) is 0 Å². The van der Waals surface area contributed by atoms with Gasteiger partial charge in [0, 0.05) is 11.7 Å². The van der Waals surface area contributed by atoms with Crippen molar-refractivity contribution in [3.8, 4) is 0 Å². The number of hydrogen-bond acceptors (Lipinski definition) is 1. The summed E-state index contributed by atoms with van der Waals surface area (Å²) < 4.78 is 0. The third-order valence-electron chi connectivity index (χ3n) is 4.30. The maximum atomic E-state index is 3.81. The second kappa shape index (κ2) is 3.60. The molecule has 2 unspecified atom stereocenters. The van der Waals surface area contributed by atoms with Crippen LogP contribution in [0.4, 0.5) is 0 Å². The first-order valence-corrected chi connectivity index (χ1v) is 6.40. The molecule has 3 rings (SSSR count). The van der Waals surface area contributed by atoms with Crippen molar-refractivity contribution in [2.45, 2.75) is 57.4 Å². The Balaban J connectivity index is 1.59. The van der Waals surface area contributed by atoms with Gasteiger partial charge in [-0.05, 0) is 43.9 Å². The van der Waals surface area contributed by atoms with Gasteiger partial charge in [0.05, 0.1) is 0 Å². The van der Waals surface area contributed by atoms with E-state index >= 15 is 0 Å². The number of fused-ring (bicyclic) bond motifs is 2. The zero-order valence-electron chi connectivity index (χ0n) is 8.97. The molecule has 3 aliphatic carbocycles. The Labute approximate surface area is 87.0 Å². The summed E-state index contributed by atoms with van der Waals surface area (Å²) in [5, 5.41) is 3.81. The third-order valence-corrected chi connectivity index (χ3v) is 4.30. The molecule has 0 aromatic rings. The molecule has 0 aliphatic heterocycles. The van der Waals surface area contributed by atoms with Crippen molar-refractivity contribution in [2.75, 3.05) is 0 Å². The molecule has 2 fully saturated rings.